The van der Waals surface area contributed by atoms with E-state index < -0.39 is 0 Å². The van der Waals surface area contributed by atoms with Crippen LogP contribution >= 0.6 is 0 Å². The zero-order valence-corrected chi connectivity index (χ0v) is 15.0. The molecule has 2 amide bonds. The van der Waals surface area contributed by atoms with E-state index in [1.807, 2.05) is 55.5 Å². The molecule has 0 spiro atoms. The number of anilines is 2. The molecular weight excluding hydrogens is 312 g/mol. The van der Waals surface area contributed by atoms with Crippen molar-refractivity contribution in [2.75, 3.05) is 16.8 Å². The van der Waals surface area contributed by atoms with Crippen LogP contribution in [0.2, 0.25) is 0 Å². The third kappa shape index (κ3) is 3.90. The van der Waals surface area contributed by atoms with E-state index in [1.54, 1.807) is 4.90 Å². The number of carbonyl (C=O) groups excluding carboxylic acids is 2. The Morgan fingerprint density at radius 1 is 1.08 bits per heavy atom. The molecule has 0 aromatic heterocycles. The van der Waals surface area contributed by atoms with Crippen molar-refractivity contribution in [1.82, 2.24) is 0 Å². The van der Waals surface area contributed by atoms with Gasteiger partial charge in [0, 0.05) is 24.3 Å². The number of hydrogen-bond acceptors (Lipinski definition) is 2. The molecule has 0 bridgehead atoms. The number of aryl methyl sites for hydroxylation is 1. The van der Waals surface area contributed by atoms with Gasteiger partial charge in [-0.15, -0.1) is 0 Å². The van der Waals surface area contributed by atoms with Gasteiger partial charge in [-0.2, -0.15) is 0 Å². The van der Waals surface area contributed by atoms with Gasteiger partial charge < -0.3 is 10.2 Å². The van der Waals surface area contributed by atoms with Crippen LogP contribution in [0, 0.1) is 12.8 Å². The zero-order valence-electron chi connectivity index (χ0n) is 15.0. The van der Waals surface area contributed by atoms with Crippen LogP contribution in [-0.4, -0.2) is 18.4 Å². The van der Waals surface area contributed by atoms with Crippen LogP contribution in [-0.2, 0) is 9.59 Å². The number of amides is 2. The quantitative estimate of drug-likeness (QED) is 0.913. The van der Waals surface area contributed by atoms with Gasteiger partial charge in [-0.1, -0.05) is 43.7 Å². The molecule has 4 heteroatoms. The number of rotatable bonds is 4. The van der Waals surface area contributed by atoms with Crippen molar-refractivity contribution in [1.29, 1.82) is 0 Å². The van der Waals surface area contributed by atoms with E-state index in [2.05, 4.69) is 19.2 Å². The van der Waals surface area contributed by atoms with E-state index in [0.29, 0.717) is 12.5 Å². The molecule has 1 N–H and O–H groups in total. The Bertz CT molecular complexity index is 763. The smallest absolute Gasteiger partial charge is 0.229 e. The van der Waals surface area contributed by atoms with Crippen molar-refractivity contribution < 1.29 is 9.59 Å². The minimum atomic E-state index is -0.321. The predicted octanol–water partition coefficient (Wildman–Crippen LogP) is 4.11. The molecule has 1 aliphatic heterocycles. The average molecular weight is 336 g/mol. The van der Waals surface area contributed by atoms with Crippen LogP contribution in [0.4, 0.5) is 11.4 Å². The predicted molar refractivity (Wildman–Crippen MR) is 101 cm³/mol. The van der Waals surface area contributed by atoms with Gasteiger partial charge in [0.1, 0.15) is 0 Å². The monoisotopic (exact) mass is 336 g/mol. The Balaban J connectivity index is 1.67. The molecule has 0 radical (unpaired) electrons. The van der Waals surface area contributed by atoms with Gasteiger partial charge in [0.2, 0.25) is 11.8 Å². The third-order valence-corrected chi connectivity index (χ3v) is 4.69. The van der Waals surface area contributed by atoms with Gasteiger partial charge in [-0.05, 0) is 42.7 Å². The molecule has 0 unspecified atom stereocenters. The summed E-state index contributed by atoms with van der Waals surface area (Å²) >= 11 is 0. The van der Waals surface area contributed by atoms with Crippen molar-refractivity contribution in [3.8, 4) is 0 Å². The fraction of sp³-hybridized carbons (Fsp3) is 0.333. The molecule has 0 aliphatic carbocycles. The zero-order chi connectivity index (χ0) is 18.0. The van der Waals surface area contributed by atoms with Crippen molar-refractivity contribution in [2.45, 2.75) is 33.1 Å². The number of nitrogens with one attached hydrogen (secondary N) is 1. The molecular formula is C21H24N2O2. The minimum absolute atomic E-state index is 0.00125. The second-order valence-electron chi connectivity index (χ2n) is 7.01. The molecule has 3 rings (SSSR count). The molecule has 1 saturated heterocycles. The minimum Gasteiger partial charge on any atom is -0.326 e. The Labute approximate surface area is 148 Å². The highest BCUT2D eigenvalue weighted by molar-refractivity contribution is 6.03. The summed E-state index contributed by atoms with van der Waals surface area (Å²) in [5.41, 5.74) is 4.01. The van der Waals surface area contributed by atoms with E-state index in [4.69, 9.17) is 0 Å². The number of hydrogen-bond donors (Lipinski definition) is 1. The summed E-state index contributed by atoms with van der Waals surface area (Å²) in [6, 6.07) is 15.7. The first-order valence-electron chi connectivity index (χ1n) is 8.72. The lowest BCUT2D eigenvalue weighted by atomic mass is 10.0. The lowest BCUT2D eigenvalue weighted by Crippen LogP contribution is -2.28. The first kappa shape index (κ1) is 17.2. The Hall–Kier alpha value is -2.62. The average Bonchev–Trinajstić information content (AvgIpc) is 2.99. The van der Waals surface area contributed by atoms with Crippen molar-refractivity contribution in [3.05, 3.63) is 59.7 Å². The summed E-state index contributed by atoms with van der Waals surface area (Å²) in [4.78, 5) is 26.5. The molecule has 25 heavy (non-hydrogen) atoms. The molecule has 1 atom stereocenters. The van der Waals surface area contributed by atoms with Crippen LogP contribution in [0.5, 0.6) is 0 Å². The van der Waals surface area contributed by atoms with Crippen LogP contribution in [0.15, 0.2) is 48.5 Å². The summed E-state index contributed by atoms with van der Waals surface area (Å²) in [5.74, 6) is 0.0369. The van der Waals surface area contributed by atoms with E-state index in [9.17, 15) is 9.59 Å². The Morgan fingerprint density at radius 2 is 1.72 bits per heavy atom. The highest BCUT2D eigenvalue weighted by Gasteiger charge is 2.35. The number of nitrogens with zero attached hydrogens (tertiary/aromatic N) is 1. The first-order valence-corrected chi connectivity index (χ1v) is 8.72. The molecule has 1 aliphatic rings. The highest BCUT2D eigenvalue weighted by atomic mass is 16.2. The molecule has 130 valence electrons. The van der Waals surface area contributed by atoms with Crippen LogP contribution in [0.1, 0.15) is 37.3 Å². The number of benzene rings is 2. The van der Waals surface area contributed by atoms with E-state index in [-0.39, 0.29) is 24.2 Å². The highest BCUT2D eigenvalue weighted by Crippen LogP contribution is 2.27. The first-order chi connectivity index (χ1) is 11.9. The maximum atomic E-state index is 12.5. The molecule has 1 fully saturated rings. The SMILES string of the molecule is Cc1ccc(NC(=O)[C@@H]2CC(=O)N(c3ccc(C(C)C)cc3)C2)cc1. The maximum Gasteiger partial charge on any atom is 0.229 e. The van der Waals surface area contributed by atoms with Gasteiger partial charge >= 0.3 is 0 Å². The standard InChI is InChI=1S/C21H24N2O2/c1-14(2)16-6-10-19(11-7-16)23-13-17(12-20(23)24)21(25)22-18-8-4-15(3)5-9-18/h4-11,14,17H,12-13H2,1-3H3,(H,22,25)/t17-/m1/s1. The van der Waals surface area contributed by atoms with Crippen LogP contribution in [0.25, 0.3) is 0 Å². The van der Waals surface area contributed by atoms with Gasteiger partial charge in [-0.25, -0.2) is 0 Å². The van der Waals surface area contributed by atoms with E-state index in [1.165, 1.54) is 5.56 Å². The second-order valence-corrected chi connectivity index (χ2v) is 7.01. The number of carbonyl (C=O) groups is 2. The molecule has 2 aromatic carbocycles. The molecule has 4 nitrogen and oxygen atoms in total. The van der Waals surface area contributed by atoms with Crippen molar-refractivity contribution in [3.63, 3.8) is 0 Å². The van der Waals surface area contributed by atoms with Gasteiger partial charge in [-0.3, -0.25) is 9.59 Å². The van der Waals surface area contributed by atoms with Gasteiger partial charge in [0.15, 0.2) is 0 Å². The summed E-state index contributed by atoms with van der Waals surface area (Å²) in [6.07, 6.45) is 0.254. The fourth-order valence-corrected chi connectivity index (χ4v) is 3.05. The topological polar surface area (TPSA) is 49.4 Å². The second kappa shape index (κ2) is 7.09. The van der Waals surface area contributed by atoms with Crippen molar-refractivity contribution >= 4 is 23.2 Å². The van der Waals surface area contributed by atoms with Crippen molar-refractivity contribution in [2.24, 2.45) is 5.92 Å². The summed E-state index contributed by atoms with van der Waals surface area (Å²) in [7, 11) is 0. The van der Waals surface area contributed by atoms with Gasteiger partial charge in [0.25, 0.3) is 0 Å². The lowest BCUT2D eigenvalue weighted by molar-refractivity contribution is -0.122. The fourth-order valence-electron chi connectivity index (χ4n) is 3.05. The molecule has 0 saturated carbocycles. The van der Waals surface area contributed by atoms with E-state index >= 15 is 0 Å². The lowest BCUT2D eigenvalue weighted by Gasteiger charge is -2.18. The van der Waals surface area contributed by atoms with Crippen LogP contribution < -0.4 is 10.2 Å². The third-order valence-electron chi connectivity index (χ3n) is 4.69. The molecule has 2 aromatic rings. The van der Waals surface area contributed by atoms with Gasteiger partial charge in [0.05, 0.1) is 5.92 Å². The summed E-state index contributed by atoms with van der Waals surface area (Å²) < 4.78 is 0. The largest absolute Gasteiger partial charge is 0.326 e. The normalized spacial score (nSPS) is 17.2. The maximum absolute atomic E-state index is 12.5. The van der Waals surface area contributed by atoms with Crippen LogP contribution in [0.3, 0.4) is 0 Å². The summed E-state index contributed by atoms with van der Waals surface area (Å²) in [5, 5.41) is 2.91. The Kier molecular flexibility index (Phi) is 4.88. The summed E-state index contributed by atoms with van der Waals surface area (Å²) in [6.45, 7) is 6.71. The van der Waals surface area contributed by atoms with E-state index in [0.717, 1.165) is 16.9 Å². The Morgan fingerprint density at radius 3 is 2.32 bits per heavy atom. The molecule has 1 heterocycles.